The van der Waals surface area contributed by atoms with Crippen molar-refractivity contribution < 1.29 is 23.5 Å². The van der Waals surface area contributed by atoms with E-state index in [-0.39, 0.29) is 11.1 Å². The molecule has 124 valence electrons. The van der Waals surface area contributed by atoms with E-state index < -0.39 is 30.2 Å². The molecule has 0 fully saturated rings. The Morgan fingerprint density at radius 1 is 0.958 bits per heavy atom. The van der Waals surface area contributed by atoms with Gasteiger partial charge in [0.15, 0.2) is 6.61 Å². The Morgan fingerprint density at radius 2 is 1.58 bits per heavy atom. The molecule has 0 bridgehead atoms. The summed E-state index contributed by atoms with van der Waals surface area (Å²) in [7, 11) is 0. The van der Waals surface area contributed by atoms with Crippen LogP contribution in [0.4, 0.5) is 4.39 Å². The zero-order valence-corrected chi connectivity index (χ0v) is 13.8. The molecule has 0 atom stereocenters. The smallest absolute Gasteiger partial charge is 0.339 e. The monoisotopic (exact) mass is 394 g/mol. The fourth-order valence-corrected chi connectivity index (χ4v) is 2.16. The molecule has 0 spiro atoms. The fourth-order valence-electron chi connectivity index (χ4n) is 1.71. The van der Waals surface area contributed by atoms with E-state index in [2.05, 4.69) is 15.9 Å². The van der Waals surface area contributed by atoms with Gasteiger partial charge in [-0.25, -0.2) is 9.18 Å². The highest BCUT2D eigenvalue weighted by Crippen LogP contribution is 2.16. The normalized spacial score (nSPS) is 9.92. The molecule has 2 rings (SSSR count). The zero-order valence-electron chi connectivity index (χ0n) is 12.2. The second-order valence-electron chi connectivity index (χ2n) is 4.54. The van der Waals surface area contributed by atoms with Gasteiger partial charge >= 0.3 is 5.97 Å². The summed E-state index contributed by atoms with van der Waals surface area (Å²) in [5.41, 5.74) is 4.12. The topological polar surface area (TPSA) is 84.5 Å². The summed E-state index contributed by atoms with van der Waals surface area (Å²) in [6, 6.07) is 11.9. The summed E-state index contributed by atoms with van der Waals surface area (Å²) in [6.45, 7) is -0.599. The molecule has 0 unspecified atom stereocenters. The maximum absolute atomic E-state index is 13.4. The third-order valence-corrected chi connectivity index (χ3v) is 3.55. The summed E-state index contributed by atoms with van der Waals surface area (Å²) in [5, 5.41) is 0. The Balaban J connectivity index is 1.82. The average Bonchev–Trinajstić information content (AvgIpc) is 2.58. The molecule has 0 saturated heterocycles. The van der Waals surface area contributed by atoms with Crippen molar-refractivity contribution in [3.8, 4) is 0 Å². The van der Waals surface area contributed by atoms with Gasteiger partial charge in [0, 0.05) is 4.47 Å². The first-order valence-electron chi connectivity index (χ1n) is 6.74. The van der Waals surface area contributed by atoms with Crippen LogP contribution in [-0.4, -0.2) is 24.4 Å². The van der Waals surface area contributed by atoms with Crippen LogP contribution in [0.3, 0.4) is 0 Å². The van der Waals surface area contributed by atoms with Crippen LogP contribution < -0.4 is 10.9 Å². The van der Waals surface area contributed by atoms with Gasteiger partial charge in [0.1, 0.15) is 5.82 Å². The zero-order chi connectivity index (χ0) is 17.5. The minimum atomic E-state index is -0.821. The van der Waals surface area contributed by atoms with Crippen LogP contribution >= 0.6 is 15.9 Å². The van der Waals surface area contributed by atoms with Gasteiger partial charge in [-0.15, -0.1) is 0 Å². The van der Waals surface area contributed by atoms with E-state index in [0.29, 0.717) is 4.47 Å². The highest BCUT2D eigenvalue weighted by molar-refractivity contribution is 9.10. The molecule has 2 N–H and O–H groups in total. The molecule has 6 nitrogen and oxygen atoms in total. The second kappa shape index (κ2) is 8.21. The Kier molecular flexibility index (Phi) is 6.02. The van der Waals surface area contributed by atoms with Crippen molar-refractivity contribution in [3.05, 3.63) is 69.9 Å². The minimum Gasteiger partial charge on any atom is -0.452 e. The lowest BCUT2D eigenvalue weighted by molar-refractivity contribution is -0.125. The van der Waals surface area contributed by atoms with Crippen molar-refractivity contribution >= 4 is 33.7 Å². The van der Waals surface area contributed by atoms with Crippen LogP contribution in [0.25, 0.3) is 0 Å². The Hall–Kier alpha value is -2.74. The Bertz CT molecular complexity index is 719. The van der Waals surface area contributed by atoms with Crippen molar-refractivity contribution in [1.29, 1.82) is 0 Å². The molecule has 2 aromatic carbocycles. The highest BCUT2D eigenvalue weighted by atomic mass is 79.9. The number of amides is 2. The molecule has 0 saturated carbocycles. The van der Waals surface area contributed by atoms with Crippen LogP contribution in [-0.2, 0) is 9.53 Å². The molecular formula is C16H12BrFN2O4. The van der Waals surface area contributed by atoms with Gasteiger partial charge in [-0.2, -0.15) is 0 Å². The summed E-state index contributed by atoms with van der Waals surface area (Å²) < 4.78 is 18.8. The molecular weight excluding hydrogens is 383 g/mol. The lowest BCUT2D eigenvalue weighted by Gasteiger charge is -2.09. The predicted molar refractivity (Wildman–Crippen MR) is 86.4 cm³/mol. The van der Waals surface area contributed by atoms with Gasteiger partial charge in [-0.1, -0.05) is 24.3 Å². The summed E-state index contributed by atoms with van der Waals surface area (Å²) in [6.07, 6.45) is 0. The lowest BCUT2D eigenvalue weighted by Crippen LogP contribution is -2.43. The molecule has 0 aliphatic rings. The third kappa shape index (κ3) is 4.63. The molecule has 0 aromatic heterocycles. The van der Waals surface area contributed by atoms with Gasteiger partial charge in [0.25, 0.3) is 11.8 Å². The van der Waals surface area contributed by atoms with Gasteiger partial charge in [-0.3, -0.25) is 20.4 Å². The van der Waals surface area contributed by atoms with Gasteiger partial charge in [-0.05, 0) is 40.2 Å². The van der Waals surface area contributed by atoms with Crippen molar-refractivity contribution in [2.75, 3.05) is 6.61 Å². The fraction of sp³-hybridized carbons (Fsp3) is 0.0625. The van der Waals surface area contributed by atoms with Gasteiger partial charge < -0.3 is 4.74 Å². The van der Waals surface area contributed by atoms with Gasteiger partial charge in [0.05, 0.1) is 11.1 Å². The van der Waals surface area contributed by atoms with Gasteiger partial charge in [0.2, 0.25) is 0 Å². The first-order valence-corrected chi connectivity index (χ1v) is 7.53. The number of carbonyl (C=O) groups excluding carboxylic acids is 3. The number of hydrazine groups is 1. The van der Waals surface area contributed by atoms with Crippen molar-refractivity contribution in [3.63, 3.8) is 0 Å². The standard InChI is InChI=1S/C16H12BrFN2O4/c17-12-7-3-1-5-10(12)16(23)24-9-14(21)19-20-15(22)11-6-2-4-8-13(11)18/h1-8H,9H2,(H,19,21)(H,20,22). The second-order valence-corrected chi connectivity index (χ2v) is 5.39. The molecule has 0 heterocycles. The Labute approximate surface area is 145 Å². The number of nitrogens with one attached hydrogen (secondary N) is 2. The molecule has 0 aliphatic heterocycles. The predicted octanol–water partition coefficient (Wildman–Crippen LogP) is 2.21. The summed E-state index contributed by atoms with van der Waals surface area (Å²) in [4.78, 5) is 35.1. The number of hydrogen-bond acceptors (Lipinski definition) is 4. The highest BCUT2D eigenvalue weighted by Gasteiger charge is 2.14. The number of carbonyl (C=O) groups is 3. The van der Waals surface area contributed by atoms with E-state index in [4.69, 9.17) is 4.74 Å². The third-order valence-electron chi connectivity index (χ3n) is 2.86. The SMILES string of the molecule is O=C(COC(=O)c1ccccc1Br)NNC(=O)c1ccccc1F. The van der Waals surface area contributed by atoms with Crippen LogP contribution in [0.5, 0.6) is 0 Å². The number of rotatable bonds is 4. The van der Waals surface area contributed by atoms with Crippen molar-refractivity contribution in [2.24, 2.45) is 0 Å². The number of esters is 1. The molecule has 24 heavy (non-hydrogen) atoms. The van der Waals surface area contributed by atoms with E-state index in [1.54, 1.807) is 18.2 Å². The minimum absolute atomic E-state index is 0.219. The van der Waals surface area contributed by atoms with Crippen LogP contribution in [0.2, 0.25) is 0 Å². The first kappa shape index (κ1) is 17.6. The molecule has 8 heteroatoms. The van der Waals surface area contributed by atoms with E-state index in [9.17, 15) is 18.8 Å². The van der Waals surface area contributed by atoms with Crippen LogP contribution in [0.1, 0.15) is 20.7 Å². The quantitative estimate of drug-likeness (QED) is 0.614. The molecule has 0 radical (unpaired) electrons. The number of ether oxygens (including phenoxy) is 1. The largest absolute Gasteiger partial charge is 0.452 e. The number of benzene rings is 2. The molecule has 0 aliphatic carbocycles. The van der Waals surface area contributed by atoms with E-state index in [0.717, 1.165) is 6.07 Å². The maximum Gasteiger partial charge on any atom is 0.339 e. The summed E-state index contributed by atoms with van der Waals surface area (Å²) in [5.74, 6) is -3.00. The van der Waals surface area contributed by atoms with E-state index in [1.807, 2.05) is 10.9 Å². The molecule has 2 amide bonds. The first-order chi connectivity index (χ1) is 11.5. The van der Waals surface area contributed by atoms with E-state index >= 15 is 0 Å². The van der Waals surface area contributed by atoms with Crippen molar-refractivity contribution in [2.45, 2.75) is 0 Å². The summed E-state index contributed by atoms with van der Waals surface area (Å²) >= 11 is 3.19. The number of hydrogen-bond donors (Lipinski definition) is 2. The lowest BCUT2D eigenvalue weighted by atomic mass is 10.2. The average molecular weight is 395 g/mol. The number of halogens is 2. The van der Waals surface area contributed by atoms with Crippen molar-refractivity contribution in [1.82, 2.24) is 10.9 Å². The van der Waals surface area contributed by atoms with E-state index in [1.165, 1.54) is 24.3 Å². The molecule has 2 aromatic rings. The van der Waals surface area contributed by atoms with Crippen LogP contribution in [0, 0.1) is 5.82 Å². The Morgan fingerprint density at radius 3 is 2.25 bits per heavy atom. The van der Waals surface area contributed by atoms with Crippen LogP contribution in [0.15, 0.2) is 53.0 Å². The maximum atomic E-state index is 13.4.